The second kappa shape index (κ2) is 7.23. The Bertz CT molecular complexity index is 620. The third kappa shape index (κ3) is 3.19. The molecule has 0 radical (unpaired) electrons. The highest BCUT2D eigenvalue weighted by Gasteiger charge is 2.56. The van der Waals surface area contributed by atoms with E-state index < -0.39 is 0 Å². The van der Waals surface area contributed by atoms with Gasteiger partial charge in [0.05, 0.1) is 7.11 Å². The summed E-state index contributed by atoms with van der Waals surface area (Å²) in [6.45, 7) is 7.59. The predicted molar refractivity (Wildman–Crippen MR) is 110 cm³/mol. The molecule has 2 nitrogen and oxygen atoms in total. The molecule has 0 amide bonds. The first kappa shape index (κ1) is 19.5. The summed E-state index contributed by atoms with van der Waals surface area (Å²) in [6.07, 6.45) is 15.8. The van der Waals surface area contributed by atoms with Crippen LogP contribution in [0.1, 0.15) is 97.8 Å². The quantitative estimate of drug-likeness (QED) is 0.406. The van der Waals surface area contributed by atoms with Crippen molar-refractivity contribution in [2.45, 2.75) is 97.8 Å². The third-order valence-electron chi connectivity index (χ3n) is 9.61. The number of methoxy groups -OCH3 is 1. The van der Waals surface area contributed by atoms with Crippen LogP contribution in [0.25, 0.3) is 0 Å². The fraction of sp³-hybridized carbons (Fsp3) is 0.880. The Morgan fingerprint density at radius 1 is 1.07 bits per heavy atom. The fourth-order valence-corrected chi connectivity index (χ4v) is 8.03. The maximum Gasteiger partial charge on any atom is 0.305 e. The van der Waals surface area contributed by atoms with Crippen LogP contribution >= 0.6 is 0 Å². The number of allylic oxidation sites excluding steroid dienone is 2. The lowest BCUT2D eigenvalue weighted by Crippen LogP contribution is -2.50. The van der Waals surface area contributed by atoms with Crippen molar-refractivity contribution >= 4 is 5.97 Å². The molecule has 27 heavy (non-hydrogen) atoms. The van der Waals surface area contributed by atoms with E-state index in [0.29, 0.717) is 23.2 Å². The highest BCUT2D eigenvalue weighted by Crippen LogP contribution is 2.66. The van der Waals surface area contributed by atoms with E-state index in [2.05, 4.69) is 20.8 Å². The SMILES string of the molecule is COC(=O)CC[C@@H](C)C1=C2CC[C@H]3[C@@H]4CCCC[C@@]4(C)CC[C@@H]3[C@@]2(C)CC1. The minimum atomic E-state index is -0.0548. The number of hydrogen-bond donors (Lipinski definition) is 0. The lowest BCUT2D eigenvalue weighted by molar-refractivity contribution is -0.140. The van der Waals surface area contributed by atoms with Crippen LogP contribution in [0.3, 0.4) is 0 Å². The van der Waals surface area contributed by atoms with Crippen LogP contribution in [0.4, 0.5) is 0 Å². The maximum atomic E-state index is 11.6. The van der Waals surface area contributed by atoms with E-state index in [1.807, 2.05) is 5.57 Å². The van der Waals surface area contributed by atoms with E-state index in [1.165, 1.54) is 71.3 Å². The highest BCUT2D eigenvalue weighted by molar-refractivity contribution is 5.69. The molecule has 4 rings (SSSR count). The zero-order chi connectivity index (χ0) is 19.2. The number of carbonyl (C=O) groups is 1. The molecule has 0 heterocycles. The summed E-state index contributed by atoms with van der Waals surface area (Å²) < 4.78 is 4.87. The Hall–Kier alpha value is -0.790. The van der Waals surface area contributed by atoms with Gasteiger partial charge in [-0.15, -0.1) is 0 Å². The van der Waals surface area contributed by atoms with Gasteiger partial charge in [-0.25, -0.2) is 0 Å². The summed E-state index contributed by atoms with van der Waals surface area (Å²) in [5.41, 5.74) is 4.64. The first-order valence-corrected chi connectivity index (χ1v) is 11.7. The minimum Gasteiger partial charge on any atom is -0.469 e. The number of ether oxygens (including phenoxy) is 1. The van der Waals surface area contributed by atoms with Crippen LogP contribution in [-0.2, 0) is 9.53 Å². The molecule has 3 fully saturated rings. The average Bonchev–Trinajstić information content (AvgIpc) is 3.02. The van der Waals surface area contributed by atoms with Crippen molar-refractivity contribution in [3.63, 3.8) is 0 Å². The van der Waals surface area contributed by atoms with Crippen LogP contribution in [-0.4, -0.2) is 13.1 Å². The van der Waals surface area contributed by atoms with Gasteiger partial charge in [0.15, 0.2) is 0 Å². The summed E-state index contributed by atoms with van der Waals surface area (Å²) in [5.74, 6) is 3.37. The van der Waals surface area contributed by atoms with E-state index >= 15 is 0 Å². The van der Waals surface area contributed by atoms with Crippen LogP contribution in [0.5, 0.6) is 0 Å². The number of carbonyl (C=O) groups excluding carboxylic acids is 1. The topological polar surface area (TPSA) is 26.3 Å². The van der Waals surface area contributed by atoms with Gasteiger partial charge in [0.1, 0.15) is 0 Å². The third-order valence-corrected chi connectivity index (χ3v) is 9.61. The molecule has 3 saturated carbocycles. The highest BCUT2D eigenvalue weighted by atomic mass is 16.5. The van der Waals surface area contributed by atoms with Gasteiger partial charge in [0.2, 0.25) is 0 Å². The van der Waals surface area contributed by atoms with E-state index in [0.717, 1.165) is 24.2 Å². The number of hydrogen-bond acceptors (Lipinski definition) is 2. The van der Waals surface area contributed by atoms with E-state index in [1.54, 1.807) is 5.57 Å². The van der Waals surface area contributed by atoms with Gasteiger partial charge in [-0.2, -0.15) is 0 Å². The second-order valence-electron chi connectivity index (χ2n) is 10.8. The molecule has 6 atom stereocenters. The van der Waals surface area contributed by atoms with Crippen LogP contribution in [0, 0.1) is 34.5 Å². The zero-order valence-corrected chi connectivity index (χ0v) is 18.1. The lowest BCUT2D eigenvalue weighted by atomic mass is 9.46. The molecule has 0 aromatic carbocycles. The standard InChI is InChI=1S/C25H40O2/c1-17(8-11-23(26)27-4)18-12-16-25(3)21(18)10-9-19-20-7-5-6-14-24(20,2)15-13-22(19)25/h17,19-20,22H,5-16H2,1-4H3/t17-,19+,20+,22+,24+,25+/m1/s1. The van der Waals surface area contributed by atoms with Crippen molar-refractivity contribution in [2.24, 2.45) is 34.5 Å². The van der Waals surface area contributed by atoms with Crippen molar-refractivity contribution in [3.05, 3.63) is 11.1 Å². The first-order chi connectivity index (χ1) is 12.9. The smallest absolute Gasteiger partial charge is 0.305 e. The van der Waals surface area contributed by atoms with Crippen LogP contribution in [0.15, 0.2) is 11.1 Å². The van der Waals surface area contributed by atoms with Crippen molar-refractivity contribution in [2.75, 3.05) is 7.11 Å². The second-order valence-corrected chi connectivity index (χ2v) is 10.8. The lowest BCUT2D eigenvalue weighted by Gasteiger charge is -2.59. The monoisotopic (exact) mass is 372 g/mol. The summed E-state index contributed by atoms with van der Waals surface area (Å²) in [6, 6.07) is 0. The number of esters is 1. The Morgan fingerprint density at radius 3 is 2.67 bits per heavy atom. The number of fused-ring (bicyclic) bond motifs is 5. The van der Waals surface area contributed by atoms with Crippen molar-refractivity contribution in [1.29, 1.82) is 0 Å². The Balaban J connectivity index is 1.54. The Kier molecular flexibility index (Phi) is 5.23. The normalized spacial score (nSPS) is 42.1. The number of rotatable bonds is 4. The molecule has 0 unspecified atom stereocenters. The van der Waals surface area contributed by atoms with E-state index in [-0.39, 0.29) is 5.97 Å². The molecule has 0 aliphatic heterocycles. The predicted octanol–water partition coefficient (Wildman–Crippen LogP) is 6.69. The molecule has 0 aromatic heterocycles. The summed E-state index contributed by atoms with van der Waals surface area (Å²) >= 11 is 0. The van der Waals surface area contributed by atoms with Crippen LogP contribution in [0.2, 0.25) is 0 Å². The van der Waals surface area contributed by atoms with Gasteiger partial charge >= 0.3 is 5.97 Å². The van der Waals surface area contributed by atoms with Gasteiger partial charge in [0, 0.05) is 6.42 Å². The van der Waals surface area contributed by atoms with Gasteiger partial charge in [-0.1, -0.05) is 44.8 Å². The first-order valence-electron chi connectivity index (χ1n) is 11.7. The molecular weight excluding hydrogens is 332 g/mol. The van der Waals surface area contributed by atoms with Gasteiger partial charge in [-0.3, -0.25) is 4.79 Å². The molecule has 2 heteroatoms. The summed E-state index contributed by atoms with van der Waals surface area (Å²) in [7, 11) is 1.50. The Labute approximate surface area is 166 Å². The summed E-state index contributed by atoms with van der Waals surface area (Å²) in [4.78, 5) is 11.6. The van der Waals surface area contributed by atoms with Gasteiger partial charge < -0.3 is 4.74 Å². The molecule has 4 aliphatic carbocycles. The minimum absolute atomic E-state index is 0.0548. The van der Waals surface area contributed by atoms with Gasteiger partial charge in [-0.05, 0) is 92.3 Å². The largest absolute Gasteiger partial charge is 0.469 e. The average molecular weight is 373 g/mol. The van der Waals surface area contributed by atoms with E-state index in [9.17, 15) is 4.79 Å². The fourth-order valence-electron chi connectivity index (χ4n) is 8.03. The summed E-state index contributed by atoms with van der Waals surface area (Å²) in [5, 5.41) is 0. The molecule has 0 N–H and O–H groups in total. The van der Waals surface area contributed by atoms with Crippen molar-refractivity contribution in [1.82, 2.24) is 0 Å². The van der Waals surface area contributed by atoms with Crippen molar-refractivity contribution < 1.29 is 9.53 Å². The molecule has 0 bridgehead atoms. The molecule has 0 saturated heterocycles. The molecule has 4 aliphatic rings. The van der Waals surface area contributed by atoms with Gasteiger partial charge in [0.25, 0.3) is 0 Å². The Morgan fingerprint density at radius 2 is 1.89 bits per heavy atom. The zero-order valence-electron chi connectivity index (χ0n) is 18.1. The molecule has 152 valence electrons. The van der Waals surface area contributed by atoms with Crippen LogP contribution < -0.4 is 0 Å². The maximum absolute atomic E-state index is 11.6. The molecule has 0 spiro atoms. The molecular formula is C25H40O2. The van der Waals surface area contributed by atoms with E-state index in [4.69, 9.17) is 4.74 Å². The molecule has 0 aromatic rings. The van der Waals surface area contributed by atoms with Crippen molar-refractivity contribution in [3.8, 4) is 0 Å².